The Morgan fingerprint density at radius 3 is 1.62 bits per heavy atom. The van der Waals surface area contributed by atoms with Crippen LogP contribution in [0.15, 0.2) is 72.3 Å². The third-order valence-corrected chi connectivity index (χ3v) is 4.99. The van der Waals surface area contributed by atoms with E-state index in [1.165, 1.54) is 71.9 Å². The summed E-state index contributed by atoms with van der Waals surface area (Å²) in [6.07, 6.45) is 17.0. The first-order valence-electron chi connectivity index (χ1n) is 10.0. The Hall–Kier alpha value is -2.34. The van der Waals surface area contributed by atoms with Crippen molar-refractivity contribution in [2.75, 3.05) is 0 Å². The van der Waals surface area contributed by atoms with Gasteiger partial charge in [0.1, 0.15) is 0 Å². The van der Waals surface area contributed by atoms with Gasteiger partial charge < -0.3 is 0 Å². The molecule has 0 fully saturated rings. The fourth-order valence-corrected chi connectivity index (χ4v) is 3.40. The van der Waals surface area contributed by atoms with Crippen molar-refractivity contribution in [3.8, 4) is 0 Å². The molecule has 2 aromatic carbocycles. The summed E-state index contributed by atoms with van der Waals surface area (Å²) in [7, 11) is 0. The van der Waals surface area contributed by atoms with E-state index in [1.54, 1.807) is 0 Å². The van der Waals surface area contributed by atoms with Gasteiger partial charge in [0.05, 0.1) is 0 Å². The minimum atomic E-state index is 1.17. The first kappa shape index (κ1) is 18.5. The highest BCUT2D eigenvalue weighted by molar-refractivity contribution is 5.85. The molecule has 0 saturated heterocycles. The van der Waals surface area contributed by atoms with E-state index in [0.717, 1.165) is 0 Å². The molecule has 26 heavy (non-hydrogen) atoms. The van der Waals surface area contributed by atoms with E-state index in [1.807, 2.05) is 6.08 Å². The topological polar surface area (TPSA) is 0 Å². The van der Waals surface area contributed by atoms with Gasteiger partial charge in [-0.15, -0.1) is 0 Å². The number of allylic oxidation sites excluding steroid dienone is 5. The van der Waals surface area contributed by atoms with Crippen molar-refractivity contribution in [3.63, 3.8) is 0 Å². The van der Waals surface area contributed by atoms with Gasteiger partial charge in [-0.3, -0.25) is 0 Å². The lowest BCUT2D eigenvalue weighted by Gasteiger charge is -2.13. The van der Waals surface area contributed by atoms with Gasteiger partial charge in [0.2, 0.25) is 0 Å². The molecule has 0 aliphatic heterocycles. The van der Waals surface area contributed by atoms with Crippen molar-refractivity contribution in [2.45, 2.75) is 52.4 Å². The minimum Gasteiger partial charge on any atom is -0.0654 e. The van der Waals surface area contributed by atoms with Crippen LogP contribution in [-0.4, -0.2) is 0 Å². The van der Waals surface area contributed by atoms with Crippen molar-refractivity contribution >= 4 is 5.57 Å². The van der Waals surface area contributed by atoms with E-state index >= 15 is 0 Å². The van der Waals surface area contributed by atoms with Crippen LogP contribution in [0.3, 0.4) is 0 Å². The normalized spacial score (nSPS) is 12.8. The van der Waals surface area contributed by atoms with Crippen molar-refractivity contribution in [3.05, 3.63) is 101 Å². The van der Waals surface area contributed by atoms with Crippen LogP contribution in [0.5, 0.6) is 0 Å². The Bertz CT molecular complexity index is 715. The van der Waals surface area contributed by atoms with Crippen molar-refractivity contribution in [2.24, 2.45) is 0 Å². The zero-order valence-electron chi connectivity index (χ0n) is 16.1. The molecule has 2 aromatic rings. The molecule has 0 atom stereocenters. The lowest BCUT2D eigenvalue weighted by molar-refractivity contribution is 0.795. The summed E-state index contributed by atoms with van der Waals surface area (Å²) in [5.74, 6) is 0. The lowest BCUT2D eigenvalue weighted by Crippen LogP contribution is -1.94. The van der Waals surface area contributed by atoms with Crippen LogP contribution in [0, 0.1) is 6.08 Å². The van der Waals surface area contributed by atoms with Gasteiger partial charge in [0, 0.05) is 0 Å². The standard InChI is InChI=1S/C26H29/c1-3-5-9-21-13-17-24(18-14-21)26(23-11-7-8-12-23)25-19-15-22(16-20-25)10-6-4-2/h7-8,11,13-20H,3-6,9-10H2,1-2H3. The van der Waals surface area contributed by atoms with Crippen LogP contribution >= 0.6 is 0 Å². The fraction of sp³-hybridized carbons (Fsp3) is 0.308. The highest BCUT2D eigenvalue weighted by atomic mass is 14.1. The van der Waals surface area contributed by atoms with Gasteiger partial charge in [0.25, 0.3) is 0 Å². The van der Waals surface area contributed by atoms with Gasteiger partial charge in [0.15, 0.2) is 0 Å². The first-order chi connectivity index (χ1) is 12.8. The maximum Gasteiger partial charge on any atom is -0.00326 e. The zero-order chi connectivity index (χ0) is 18.2. The van der Waals surface area contributed by atoms with E-state index in [4.69, 9.17) is 0 Å². The van der Waals surface area contributed by atoms with E-state index in [9.17, 15) is 0 Å². The number of unbranched alkanes of at least 4 members (excludes halogenated alkanes) is 2. The Morgan fingerprint density at radius 2 is 1.23 bits per heavy atom. The number of aryl methyl sites for hydroxylation is 2. The smallest absolute Gasteiger partial charge is 0.00326 e. The molecule has 1 aliphatic rings. The summed E-state index contributed by atoms with van der Waals surface area (Å²) in [4.78, 5) is 0. The summed E-state index contributed by atoms with van der Waals surface area (Å²) < 4.78 is 0. The number of hydrogen-bond acceptors (Lipinski definition) is 0. The Morgan fingerprint density at radius 1 is 0.731 bits per heavy atom. The summed E-state index contributed by atoms with van der Waals surface area (Å²) in [6.45, 7) is 4.49. The van der Waals surface area contributed by atoms with Crippen LogP contribution in [-0.2, 0) is 12.8 Å². The molecule has 3 rings (SSSR count). The summed E-state index contributed by atoms with van der Waals surface area (Å²) in [6, 6.07) is 18.2. The highest BCUT2D eigenvalue weighted by Gasteiger charge is 2.11. The molecule has 0 heterocycles. The second-order valence-electron chi connectivity index (χ2n) is 7.06. The van der Waals surface area contributed by atoms with Crippen molar-refractivity contribution < 1.29 is 0 Å². The maximum atomic E-state index is 3.39. The predicted octanol–water partition coefficient (Wildman–Crippen LogP) is 7.10. The summed E-state index contributed by atoms with van der Waals surface area (Å²) in [5, 5.41) is 0. The van der Waals surface area contributed by atoms with Gasteiger partial charge >= 0.3 is 0 Å². The van der Waals surface area contributed by atoms with Crippen LogP contribution in [0.25, 0.3) is 5.57 Å². The zero-order valence-corrected chi connectivity index (χ0v) is 16.1. The Kier molecular flexibility index (Phi) is 6.66. The van der Waals surface area contributed by atoms with E-state index in [-0.39, 0.29) is 0 Å². The Balaban J connectivity index is 1.91. The third-order valence-electron chi connectivity index (χ3n) is 4.99. The summed E-state index contributed by atoms with van der Waals surface area (Å²) in [5.41, 5.74) is 7.85. The third kappa shape index (κ3) is 4.64. The molecular formula is C26H29. The second-order valence-corrected chi connectivity index (χ2v) is 7.06. The van der Waals surface area contributed by atoms with Crippen LogP contribution in [0.4, 0.5) is 0 Å². The van der Waals surface area contributed by atoms with Gasteiger partial charge in [-0.25, -0.2) is 0 Å². The van der Waals surface area contributed by atoms with E-state index in [2.05, 4.69) is 80.6 Å². The largest absolute Gasteiger partial charge is 0.0654 e. The average Bonchev–Trinajstić information content (AvgIpc) is 3.21. The van der Waals surface area contributed by atoms with Gasteiger partial charge in [-0.1, -0.05) is 93.4 Å². The van der Waals surface area contributed by atoms with E-state index < -0.39 is 0 Å². The van der Waals surface area contributed by atoms with Gasteiger partial charge in [-0.05, 0) is 65.2 Å². The molecule has 1 aliphatic carbocycles. The molecule has 0 bridgehead atoms. The molecule has 0 amide bonds. The average molecular weight is 342 g/mol. The molecule has 0 saturated carbocycles. The Labute approximate surface area is 159 Å². The lowest BCUT2D eigenvalue weighted by atomic mass is 9.91. The van der Waals surface area contributed by atoms with Crippen molar-refractivity contribution in [1.82, 2.24) is 0 Å². The molecule has 0 spiro atoms. The first-order valence-corrected chi connectivity index (χ1v) is 10.0. The molecule has 0 unspecified atom stereocenters. The molecular weight excluding hydrogens is 312 g/mol. The molecule has 0 nitrogen and oxygen atoms in total. The van der Waals surface area contributed by atoms with Gasteiger partial charge in [-0.2, -0.15) is 0 Å². The monoisotopic (exact) mass is 341 g/mol. The van der Waals surface area contributed by atoms with Crippen LogP contribution in [0.1, 0.15) is 61.8 Å². The van der Waals surface area contributed by atoms with Crippen LogP contribution in [0.2, 0.25) is 0 Å². The minimum absolute atomic E-state index is 1.17. The number of benzene rings is 2. The molecule has 0 heteroatoms. The number of rotatable bonds is 8. The predicted molar refractivity (Wildman–Crippen MR) is 113 cm³/mol. The highest BCUT2D eigenvalue weighted by Crippen LogP contribution is 2.30. The van der Waals surface area contributed by atoms with Crippen LogP contribution < -0.4 is 0 Å². The second kappa shape index (κ2) is 9.38. The molecule has 0 N–H and O–H groups in total. The number of hydrogen-bond donors (Lipinski definition) is 0. The fourth-order valence-electron chi connectivity index (χ4n) is 3.40. The quantitative estimate of drug-likeness (QED) is 0.480. The SMILES string of the molecule is CCCCc1ccc(C(=C2[C]=CC=C2)c2ccc(CCCC)cc2)cc1. The molecule has 0 aromatic heterocycles. The van der Waals surface area contributed by atoms with E-state index in [0.29, 0.717) is 0 Å². The maximum absolute atomic E-state index is 3.39. The van der Waals surface area contributed by atoms with Crippen molar-refractivity contribution in [1.29, 1.82) is 0 Å². The summed E-state index contributed by atoms with van der Waals surface area (Å²) >= 11 is 0. The molecule has 1 radical (unpaired) electrons. The molecule has 133 valence electrons.